The number of hydrogen-bond donors (Lipinski definition) is 0. The van der Waals surface area contributed by atoms with Crippen molar-refractivity contribution in [1.29, 1.82) is 0 Å². The zero-order valence-electron chi connectivity index (χ0n) is 16.4. The molecule has 0 aliphatic carbocycles. The second-order valence-corrected chi connectivity index (χ2v) is 7.39. The van der Waals surface area contributed by atoms with Crippen LogP contribution >= 0.6 is 11.8 Å². The highest BCUT2D eigenvalue weighted by molar-refractivity contribution is 7.98. The lowest BCUT2D eigenvalue weighted by molar-refractivity contribution is 0.0601. The van der Waals surface area contributed by atoms with Crippen molar-refractivity contribution in [2.24, 2.45) is 0 Å². The van der Waals surface area contributed by atoms with E-state index in [0.717, 1.165) is 17.7 Å². The van der Waals surface area contributed by atoms with Crippen LogP contribution in [0.4, 0.5) is 0 Å². The van der Waals surface area contributed by atoms with E-state index in [4.69, 9.17) is 13.9 Å². The molecule has 1 aromatic heterocycles. The minimum Gasteiger partial charge on any atom is -0.494 e. The van der Waals surface area contributed by atoms with Crippen molar-refractivity contribution in [3.63, 3.8) is 0 Å². The van der Waals surface area contributed by atoms with Crippen molar-refractivity contribution < 1.29 is 18.7 Å². The normalized spacial score (nSPS) is 11.1. The smallest absolute Gasteiger partial charge is 0.337 e. The van der Waals surface area contributed by atoms with E-state index in [-0.39, 0.29) is 5.43 Å². The lowest BCUT2D eigenvalue weighted by Gasteiger charge is -2.11. The van der Waals surface area contributed by atoms with E-state index < -0.39 is 5.97 Å². The molecular weight excluding hydrogens is 376 g/mol. The van der Waals surface area contributed by atoms with Gasteiger partial charge in [0.05, 0.1) is 34.9 Å². The third-order valence-electron chi connectivity index (χ3n) is 4.62. The van der Waals surface area contributed by atoms with E-state index in [2.05, 4.69) is 6.92 Å². The molecule has 6 heteroatoms. The molecular formula is C22H24O5S. The summed E-state index contributed by atoms with van der Waals surface area (Å²) >= 11 is 1.50. The minimum absolute atomic E-state index is 0.186. The number of hydrogen-bond acceptors (Lipinski definition) is 6. The number of benzene rings is 2. The summed E-state index contributed by atoms with van der Waals surface area (Å²) in [6, 6.07) is 8.37. The predicted molar refractivity (Wildman–Crippen MR) is 113 cm³/mol. The maximum absolute atomic E-state index is 13.1. The van der Waals surface area contributed by atoms with Crippen LogP contribution in [-0.4, -0.2) is 25.9 Å². The molecule has 0 radical (unpaired) electrons. The summed E-state index contributed by atoms with van der Waals surface area (Å²) in [5, 5.41) is 0.799. The van der Waals surface area contributed by atoms with Crippen molar-refractivity contribution in [2.45, 2.75) is 37.5 Å². The predicted octanol–water partition coefficient (Wildman–Crippen LogP) is 5.41. The van der Waals surface area contributed by atoms with Gasteiger partial charge >= 0.3 is 5.97 Å². The number of fused-ring (bicyclic) bond motifs is 2. The minimum atomic E-state index is -0.490. The Morgan fingerprint density at radius 1 is 1.11 bits per heavy atom. The number of methoxy groups -OCH3 is 1. The van der Waals surface area contributed by atoms with Crippen LogP contribution in [-0.2, 0) is 4.74 Å². The Kier molecular flexibility index (Phi) is 6.62. The molecule has 0 amide bonds. The van der Waals surface area contributed by atoms with Crippen molar-refractivity contribution in [3.8, 4) is 5.75 Å². The Hall–Kier alpha value is -2.47. The van der Waals surface area contributed by atoms with Crippen LogP contribution in [0.2, 0.25) is 0 Å². The highest BCUT2D eigenvalue weighted by Gasteiger charge is 2.15. The van der Waals surface area contributed by atoms with Gasteiger partial charge in [-0.15, -0.1) is 11.8 Å². The Balaban J connectivity index is 2.05. The quantitative estimate of drug-likeness (QED) is 0.218. The van der Waals surface area contributed by atoms with Gasteiger partial charge in [-0.05, 0) is 43.0 Å². The van der Waals surface area contributed by atoms with Crippen LogP contribution in [0.25, 0.3) is 21.9 Å². The van der Waals surface area contributed by atoms with E-state index in [1.807, 2.05) is 12.3 Å². The van der Waals surface area contributed by atoms with Crippen molar-refractivity contribution in [3.05, 3.63) is 46.1 Å². The summed E-state index contributed by atoms with van der Waals surface area (Å²) in [5.74, 6) is 0.166. The molecule has 5 nitrogen and oxygen atoms in total. The summed E-state index contributed by atoms with van der Waals surface area (Å²) in [5.41, 5.74) is 1.10. The van der Waals surface area contributed by atoms with Gasteiger partial charge in [-0.3, -0.25) is 4.79 Å². The van der Waals surface area contributed by atoms with E-state index in [1.165, 1.54) is 37.8 Å². The highest BCUT2D eigenvalue weighted by atomic mass is 32.2. The zero-order chi connectivity index (χ0) is 20.1. The number of rotatable bonds is 8. The second-order valence-electron chi connectivity index (χ2n) is 6.55. The van der Waals surface area contributed by atoms with E-state index in [9.17, 15) is 9.59 Å². The first-order chi connectivity index (χ1) is 13.6. The Morgan fingerprint density at radius 3 is 2.64 bits per heavy atom. The van der Waals surface area contributed by atoms with Gasteiger partial charge < -0.3 is 13.9 Å². The van der Waals surface area contributed by atoms with Crippen LogP contribution in [0, 0.1) is 0 Å². The summed E-state index contributed by atoms with van der Waals surface area (Å²) in [6.45, 7) is 2.79. The molecule has 0 N–H and O–H groups in total. The Morgan fingerprint density at radius 2 is 1.93 bits per heavy atom. The van der Waals surface area contributed by atoms with Gasteiger partial charge in [-0.2, -0.15) is 0 Å². The fraction of sp³-hybridized carbons (Fsp3) is 0.364. The number of ether oxygens (including phenoxy) is 2. The second kappa shape index (κ2) is 9.15. The molecule has 0 saturated heterocycles. The molecule has 3 rings (SSSR count). The Bertz CT molecular complexity index is 1050. The van der Waals surface area contributed by atoms with E-state index in [0.29, 0.717) is 39.9 Å². The molecule has 28 heavy (non-hydrogen) atoms. The van der Waals surface area contributed by atoms with Crippen LogP contribution < -0.4 is 10.2 Å². The number of carbonyl (C=O) groups excluding carboxylic acids is 1. The molecule has 0 aliphatic rings. The average molecular weight is 400 g/mol. The van der Waals surface area contributed by atoms with Gasteiger partial charge in [0.25, 0.3) is 0 Å². The maximum Gasteiger partial charge on any atom is 0.337 e. The van der Waals surface area contributed by atoms with Gasteiger partial charge in [0, 0.05) is 0 Å². The monoisotopic (exact) mass is 400 g/mol. The van der Waals surface area contributed by atoms with Gasteiger partial charge in [-0.1, -0.05) is 26.2 Å². The largest absolute Gasteiger partial charge is 0.494 e. The number of carbonyl (C=O) groups is 1. The topological polar surface area (TPSA) is 65.7 Å². The third kappa shape index (κ3) is 4.17. The van der Waals surface area contributed by atoms with Gasteiger partial charge in [-0.25, -0.2) is 4.79 Å². The molecule has 3 aromatic rings. The zero-order valence-corrected chi connectivity index (χ0v) is 17.2. The standard InChI is InChI=1S/C22H24O5S/c1-4-5-6-7-10-26-15-12-17-20(23)16-11-14(22(24)25-2)8-9-18(16)27-21(17)19(13-15)28-3/h8-9,11-13H,4-7,10H2,1-3H3. The van der Waals surface area contributed by atoms with Crippen molar-refractivity contribution in [1.82, 2.24) is 0 Å². The lowest BCUT2D eigenvalue weighted by atomic mass is 10.1. The molecule has 0 aliphatic heterocycles. The fourth-order valence-corrected chi connectivity index (χ4v) is 3.67. The van der Waals surface area contributed by atoms with Crippen LogP contribution in [0.5, 0.6) is 5.75 Å². The number of thioether (sulfide) groups is 1. The molecule has 0 bridgehead atoms. The van der Waals surface area contributed by atoms with Gasteiger partial charge in [0.1, 0.15) is 11.3 Å². The molecule has 0 unspecified atom stereocenters. The molecule has 2 aromatic carbocycles. The summed E-state index contributed by atoms with van der Waals surface area (Å²) in [7, 11) is 1.31. The van der Waals surface area contributed by atoms with Gasteiger partial charge in [0.15, 0.2) is 5.58 Å². The van der Waals surface area contributed by atoms with Crippen LogP contribution in [0.15, 0.2) is 44.4 Å². The van der Waals surface area contributed by atoms with Crippen molar-refractivity contribution >= 4 is 39.7 Å². The fourth-order valence-electron chi connectivity index (χ4n) is 3.10. The average Bonchev–Trinajstić information content (AvgIpc) is 2.72. The first-order valence-electron chi connectivity index (χ1n) is 9.38. The molecule has 148 valence electrons. The first-order valence-corrected chi connectivity index (χ1v) is 10.6. The SMILES string of the molecule is CCCCCCOc1cc(SC)c2oc3ccc(C(=O)OC)cc3c(=O)c2c1. The molecule has 0 saturated carbocycles. The van der Waals surface area contributed by atoms with Crippen LogP contribution in [0.1, 0.15) is 43.0 Å². The van der Waals surface area contributed by atoms with E-state index >= 15 is 0 Å². The van der Waals surface area contributed by atoms with E-state index in [1.54, 1.807) is 18.2 Å². The summed E-state index contributed by atoms with van der Waals surface area (Å²) in [6.07, 6.45) is 6.41. The molecule has 0 atom stereocenters. The lowest BCUT2D eigenvalue weighted by Crippen LogP contribution is -2.07. The Labute approximate surface area is 168 Å². The highest BCUT2D eigenvalue weighted by Crippen LogP contribution is 2.32. The first kappa shape index (κ1) is 20.3. The van der Waals surface area contributed by atoms with Crippen LogP contribution in [0.3, 0.4) is 0 Å². The molecule has 0 fully saturated rings. The van der Waals surface area contributed by atoms with Gasteiger partial charge in [0.2, 0.25) is 5.43 Å². The summed E-state index contributed by atoms with van der Waals surface area (Å²) in [4.78, 5) is 25.8. The van der Waals surface area contributed by atoms with Crippen molar-refractivity contribution in [2.75, 3.05) is 20.0 Å². The molecule has 0 spiro atoms. The maximum atomic E-state index is 13.1. The number of unbranched alkanes of at least 4 members (excludes halogenated alkanes) is 3. The third-order valence-corrected chi connectivity index (χ3v) is 5.36. The summed E-state index contributed by atoms with van der Waals surface area (Å²) < 4.78 is 16.6. The molecule has 1 heterocycles. The number of esters is 1.